The average Bonchev–Trinajstić information content (AvgIpc) is 2.93. The Morgan fingerprint density at radius 2 is 2.00 bits per heavy atom. The molecule has 20 heavy (non-hydrogen) atoms. The van der Waals surface area contributed by atoms with E-state index in [0.717, 1.165) is 12.8 Å². The van der Waals surface area contributed by atoms with Crippen LogP contribution in [0.5, 0.6) is 0 Å². The number of aromatic amines is 1. The highest BCUT2D eigenvalue weighted by Crippen LogP contribution is 2.22. The molecule has 0 fully saturated rings. The van der Waals surface area contributed by atoms with Crippen LogP contribution in [0.4, 0.5) is 0 Å². The predicted molar refractivity (Wildman–Crippen MR) is 80.6 cm³/mol. The minimum absolute atomic E-state index is 0.157. The molecule has 1 atom stereocenters. The molecule has 2 rings (SSSR count). The second kappa shape index (κ2) is 7.04. The summed E-state index contributed by atoms with van der Waals surface area (Å²) in [5.74, 6) is 1.13. The van der Waals surface area contributed by atoms with E-state index >= 15 is 0 Å². The van der Waals surface area contributed by atoms with E-state index in [1.165, 1.54) is 5.56 Å². The van der Waals surface area contributed by atoms with Gasteiger partial charge in [0.15, 0.2) is 5.78 Å². The molecule has 0 bridgehead atoms. The van der Waals surface area contributed by atoms with Crippen LogP contribution in [0.3, 0.4) is 0 Å². The molecule has 0 saturated carbocycles. The summed E-state index contributed by atoms with van der Waals surface area (Å²) >= 11 is 0. The lowest BCUT2D eigenvalue weighted by atomic mass is 9.87. The van der Waals surface area contributed by atoms with Crippen LogP contribution in [-0.4, -0.2) is 15.8 Å². The first-order valence-electron chi connectivity index (χ1n) is 7.20. The van der Waals surface area contributed by atoms with Gasteiger partial charge in [0.2, 0.25) is 0 Å². The van der Waals surface area contributed by atoms with E-state index < -0.39 is 0 Å². The molecule has 1 heterocycles. The first kappa shape index (κ1) is 14.5. The summed E-state index contributed by atoms with van der Waals surface area (Å²) in [6.07, 6.45) is 5.77. The van der Waals surface area contributed by atoms with Gasteiger partial charge in [0, 0.05) is 6.42 Å². The van der Waals surface area contributed by atoms with Gasteiger partial charge in [-0.05, 0) is 30.2 Å². The summed E-state index contributed by atoms with van der Waals surface area (Å²) < 4.78 is 0. The van der Waals surface area contributed by atoms with E-state index in [0.29, 0.717) is 24.0 Å². The molecule has 0 saturated heterocycles. The molecular weight excluding hydrogens is 248 g/mol. The lowest BCUT2D eigenvalue weighted by Crippen LogP contribution is -2.14. The normalized spacial score (nSPS) is 12.6. The van der Waals surface area contributed by atoms with Gasteiger partial charge in [-0.1, -0.05) is 44.2 Å². The van der Waals surface area contributed by atoms with Crippen molar-refractivity contribution in [3.05, 3.63) is 54.1 Å². The Balaban J connectivity index is 2.02. The lowest BCUT2D eigenvalue weighted by Gasteiger charge is -2.18. The number of hydrogen-bond acceptors (Lipinski definition) is 2. The average molecular weight is 270 g/mol. The van der Waals surface area contributed by atoms with Crippen molar-refractivity contribution >= 4 is 5.78 Å². The van der Waals surface area contributed by atoms with E-state index in [2.05, 4.69) is 48.1 Å². The highest BCUT2D eigenvalue weighted by molar-refractivity contribution is 5.94. The fourth-order valence-electron chi connectivity index (χ4n) is 2.63. The molecule has 0 aliphatic rings. The predicted octanol–water partition coefficient (Wildman–Crippen LogP) is 3.89. The van der Waals surface area contributed by atoms with Crippen molar-refractivity contribution in [3.63, 3.8) is 0 Å². The van der Waals surface area contributed by atoms with Crippen LogP contribution in [0.1, 0.15) is 42.7 Å². The molecule has 1 unspecified atom stereocenters. The number of nitrogens with zero attached hydrogens (tertiary/aromatic N) is 1. The first-order valence-corrected chi connectivity index (χ1v) is 7.20. The molecule has 0 spiro atoms. The van der Waals surface area contributed by atoms with Gasteiger partial charge in [0.1, 0.15) is 5.69 Å². The van der Waals surface area contributed by atoms with Crippen molar-refractivity contribution in [2.75, 3.05) is 0 Å². The number of rotatable bonds is 7. The van der Waals surface area contributed by atoms with E-state index in [1.54, 1.807) is 12.5 Å². The Morgan fingerprint density at radius 3 is 2.60 bits per heavy atom. The summed E-state index contributed by atoms with van der Waals surface area (Å²) in [6, 6.07) is 10.4. The number of H-pyrrole nitrogens is 1. The maximum Gasteiger partial charge on any atom is 0.180 e. The summed E-state index contributed by atoms with van der Waals surface area (Å²) in [5, 5.41) is 0. The van der Waals surface area contributed by atoms with Gasteiger partial charge in [0.05, 0.1) is 12.5 Å². The van der Waals surface area contributed by atoms with Crippen molar-refractivity contribution in [2.24, 2.45) is 11.8 Å². The van der Waals surface area contributed by atoms with E-state index in [9.17, 15) is 4.79 Å². The molecule has 1 N–H and O–H groups in total. The van der Waals surface area contributed by atoms with Crippen molar-refractivity contribution < 1.29 is 4.79 Å². The highest BCUT2D eigenvalue weighted by atomic mass is 16.1. The number of aromatic nitrogens is 2. The van der Waals surface area contributed by atoms with Gasteiger partial charge in [-0.3, -0.25) is 4.79 Å². The number of Topliss-reactive ketones (excluding diaryl/α,β-unsaturated/α-hetero) is 1. The topological polar surface area (TPSA) is 45.8 Å². The SMILES string of the molecule is CC(C)CC(CC(=O)c1cnc[nH]1)Cc1ccccc1. The minimum Gasteiger partial charge on any atom is -0.342 e. The third-order valence-electron chi connectivity index (χ3n) is 3.44. The minimum atomic E-state index is 0.157. The summed E-state index contributed by atoms with van der Waals surface area (Å²) in [7, 11) is 0. The van der Waals surface area contributed by atoms with E-state index in [1.807, 2.05) is 6.07 Å². The molecule has 106 valence electrons. The molecular formula is C17H22N2O. The van der Waals surface area contributed by atoms with E-state index in [-0.39, 0.29) is 5.78 Å². The Morgan fingerprint density at radius 1 is 1.25 bits per heavy atom. The van der Waals surface area contributed by atoms with Crippen LogP contribution in [0, 0.1) is 11.8 Å². The Hall–Kier alpha value is -1.90. The number of nitrogens with one attached hydrogen (secondary N) is 1. The largest absolute Gasteiger partial charge is 0.342 e. The van der Waals surface area contributed by atoms with Crippen molar-refractivity contribution in [1.82, 2.24) is 9.97 Å². The Bertz CT molecular complexity index is 517. The smallest absolute Gasteiger partial charge is 0.180 e. The van der Waals surface area contributed by atoms with Crippen molar-refractivity contribution in [2.45, 2.75) is 33.1 Å². The second-order valence-corrected chi connectivity index (χ2v) is 5.78. The quantitative estimate of drug-likeness (QED) is 0.776. The van der Waals surface area contributed by atoms with Crippen molar-refractivity contribution in [1.29, 1.82) is 0 Å². The number of benzene rings is 1. The third-order valence-corrected chi connectivity index (χ3v) is 3.44. The second-order valence-electron chi connectivity index (χ2n) is 5.78. The molecule has 3 nitrogen and oxygen atoms in total. The van der Waals surface area contributed by atoms with Gasteiger partial charge in [0.25, 0.3) is 0 Å². The molecule has 2 aromatic rings. The first-order chi connectivity index (χ1) is 9.65. The standard InChI is InChI=1S/C17H22N2O/c1-13(2)8-15(9-14-6-4-3-5-7-14)10-17(20)16-11-18-12-19-16/h3-7,11-13,15H,8-10H2,1-2H3,(H,18,19). The fourth-order valence-corrected chi connectivity index (χ4v) is 2.63. The van der Waals surface area contributed by atoms with E-state index in [4.69, 9.17) is 0 Å². The summed E-state index contributed by atoms with van der Waals surface area (Å²) in [5.41, 5.74) is 1.92. The van der Waals surface area contributed by atoms with Gasteiger partial charge in [-0.2, -0.15) is 0 Å². The number of carbonyl (C=O) groups is 1. The monoisotopic (exact) mass is 270 g/mol. The lowest BCUT2D eigenvalue weighted by molar-refractivity contribution is 0.0951. The molecule has 3 heteroatoms. The van der Waals surface area contributed by atoms with Crippen LogP contribution < -0.4 is 0 Å². The number of carbonyl (C=O) groups excluding carboxylic acids is 1. The maximum absolute atomic E-state index is 12.2. The Labute approximate surface area is 120 Å². The number of ketones is 1. The molecule has 0 aliphatic carbocycles. The third kappa shape index (κ3) is 4.34. The summed E-state index contributed by atoms with van der Waals surface area (Å²) in [6.45, 7) is 4.41. The summed E-state index contributed by atoms with van der Waals surface area (Å²) in [4.78, 5) is 19.0. The van der Waals surface area contributed by atoms with Gasteiger partial charge in [-0.15, -0.1) is 0 Å². The number of hydrogen-bond donors (Lipinski definition) is 1. The highest BCUT2D eigenvalue weighted by Gasteiger charge is 2.18. The number of imidazole rings is 1. The van der Waals surface area contributed by atoms with Gasteiger partial charge < -0.3 is 4.98 Å². The van der Waals surface area contributed by atoms with Crippen LogP contribution in [0.25, 0.3) is 0 Å². The maximum atomic E-state index is 12.2. The van der Waals surface area contributed by atoms with Crippen LogP contribution >= 0.6 is 0 Å². The molecule has 1 aromatic heterocycles. The zero-order valence-electron chi connectivity index (χ0n) is 12.2. The van der Waals surface area contributed by atoms with Gasteiger partial charge >= 0.3 is 0 Å². The van der Waals surface area contributed by atoms with Gasteiger partial charge in [-0.25, -0.2) is 4.98 Å². The molecule has 1 aromatic carbocycles. The molecule has 0 aliphatic heterocycles. The van der Waals surface area contributed by atoms with Crippen LogP contribution in [-0.2, 0) is 6.42 Å². The zero-order valence-corrected chi connectivity index (χ0v) is 12.2. The van der Waals surface area contributed by atoms with Crippen molar-refractivity contribution in [3.8, 4) is 0 Å². The molecule has 0 amide bonds. The van der Waals surface area contributed by atoms with Crippen LogP contribution in [0.2, 0.25) is 0 Å². The van der Waals surface area contributed by atoms with Crippen LogP contribution in [0.15, 0.2) is 42.9 Å². The molecule has 0 radical (unpaired) electrons. The zero-order chi connectivity index (χ0) is 14.4. The Kier molecular flexibility index (Phi) is 5.10. The fraction of sp³-hybridized carbons (Fsp3) is 0.412.